The largest absolute Gasteiger partial charge is 0.345 e. The minimum atomic E-state index is 0.124. The van der Waals surface area contributed by atoms with Crippen LogP contribution in [0.15, 0.2) is 48.8 Å². The highest BCUT2D eigenvalue weighted by molar-refractivity contribution is 5.92. The van der Waals surface area contributed by atoms with Gasteiger partial charge in [0.05, 0.1) is 11.9 Å². The van der Waals surface area contributed by atoms with Gasteiger partial charge in [-0.1, -0.05) is 44.2 Å². The summed E-state index contributed by atoms with van der Waals surface area (Å²) in [7, 11) is 1.88. The van der Waals surface area contributed by atoms with Crippen molar-refractivity contribution in [3.8, 4) is 12.3 Å². The molecule has 0 bridgehead atoms. The van der Waals surface area contributed by atoms with E-state index in [2.05, 4.69) is 28.1 Å². The monoisotopic (exact) mass is 400 g/mol. The zero-order valence-electron chi connectivity index (χ0n) is 17.7. The molecule has 3 aromatic rings. The molecule has 1 aromatic heterocycles. The summed E-state index contributed by atoms with van der Waals surface area (Å²) in [5.74, 6) is 3.45. The van der Waals surface area contributed by atoms with Crippen LogP contribution < -0.4 is 5.32 Å². The van der Waals surface area contributed by atoms with Gasteiger partial charge in [-0.25, -0.2) is 9.97 Å². The lowest BCUT2D eigenvalue weighted by Gasteiger charge is -2.17. The molecule has 5 heteroatoms. The second-order valence-electron chi connectivity index (χ2n) is 7.48. The predicted octanol–water partition coefficient (Wildman–Crippen LogP) is 4.94. The Morgan fingerprint density at radius 1 is 1.13 bits per heavy atom. The molecule has 0 fully saturated rings. The van der Waals surface area contributed by atoms with Crippen molar-refractivity contribution in [2.45, 2.75) is 39.0 Å². The Balaban J connectivity index is 1.75. The van der Waals surface area contributed by atoms with Crippen LogP contribution in [0.3, 0.4) is 0 Å². The van der Waals surface area contributed by atoms with E-state index in [1.165, 1.54) is 19.2 Å². The first-order valence-electron chi connectivity index (χ1n) is 10.4. The Morgan fingerprint density at radius 3 is 2.80 bits per heavy atom. The third-order valence-corrected chi connectivity index (χ3v) is 5.12. The zero-order valence-corrected chi connectivity index (χ0v) is 17.7. The van der Waals surface area contributed by atoms with Crippen LogP contribution >= 0.6 is 0 Å². The second kappa shape index (κ2) is 10.4. The molecular formula is C25H28N4O. The van der Waals surface area contributed by atoms with Crippen molar-refractivity contribution in [2.75, 3.05) is 18.9 Å². The fourth-order valence-electron chi connectivity index (χ4n) is 3.35. The van der Waals surface area contributed by atoms with Crippen molar-refractivity contribution in [3.05, 3.63) is 59.9 Å². The molecule has 0 radical (unpaired) electrons. The van der Waals surface area contributed by atoms with Gasteiger partial charge in [0.2, 0.25) is 5.91 Å². The topological polar surface area (TPSA) is 58.1 Å². The fraction of sp³-hybridized carbons (Fsp3) is 0.320. The van der Waals surface area contributed by atoms with Gasteiger partial charge in [-0.2, -0.15) is 0 Å². The van der Waals surface area contributed by atoms with Gasteiger partial charge in [0.25, 0.3) is 0 Å². The molecule has 0 aliphatic carbocycles. The number of terminal acetylenes is 1. The first kappa shape index (κ1) is 21.3. The van der Waals surface area contributed by atoms with Crippen LogP contribution in [0.4, 0.5) is 11.5 Å². The number of rotatable bonds is 9. The lowest BCUT2D eigenvalue weighted by Crippen LogP contribution is -2.29. The van der Waals surface area contributed by atoms with E-state index in [1.807, 2.05) is 54.4 Å². The Kier molecular flexibility index (Phi) is 7.40. The Morgan fingerprint density at radius 2 is 2.00 bits per heavy atom. The van der Waals surface area contributed by atoms with E-state index in [0.29, 0.717) is 12.2 Å². The summed E-state index contributed by atoms with van der Waals surface area (Å²) < 4.78 is 0. The molecule has 0 unspecified atom stereocenters. The number of nitrogens with zero attached hydrogens (tertiary/aromatic N) is 3. The molecule has 0 atom stereocenters. The van der Waals surface area contributed by atoms with Gasteiger partial charge >= 0.3 is 0 Å². The number of amides is 1. The van der Waals surface area contributed by atoms with E-state index in [1.54, 1.807) is 0 Å². The van der Waals surface area contributed by atoms with Crippen molar-refractivity contribution in [1.82, 2.24) is 14.9 Å². The highest BCUT2D eigenvalue weighted by atomic mass is 16.2. The van der Waals surface area contributed by atoms with E-state index < -0.39 is 0 Å². The smallest absolute Gasteiger partial charge is 0.226 e. The van der Waals surface area contributed by atoms with Crippen LogP contribution in [0.5, 0.6) is 0 Å². The number of nitrogens with one attached hydrogen (secondary N) is 1. The van der Waals surface area contributed by atoms with E-state index in [9.17, 15) is 4.79 Å². The first-order valence-corrected chi connectivity index (χ1v) is 10.4. The van der Waals surface area contributed by atoms with Crippen molar-refractivity contribution in [1.29, 1.82) is 0 Å². The summed E-state index contributed by atoms with van der Waals surface area (Å²) in [6, 6.07) is 13.5. The molecule has 1 heterocycles. The van der Waals surface area contributed by atoms with E-state index in [-0.39, 0.29) is 5.91 Å². The van der Waals surface area contributed by atoms with E-state index in [4.69, 9.17) is 6.42 Å². The highest BCUT2D eigenvalue weighted by Gasteiger charge is 2.12. The van der Waals surface area contributed by atoms with Crippen LogP contribution in [0.1, 0.15) is 43.7 Å². The van der Waals surface area contributed by atoms with Gasteiger partial charge < -0.3 is 10.2 Å². The van der Waals surface area contributed by atoms with Gasteiger partial charge in [0.1, 0.15) is 12.1 Å². The second-order valence-corrected chi connectivity index (χ2v) is 7.48. The number of fused-ring (bicyclic) bond motifs is 1. The molecule has 5 nitrogen and oxygen atoms in total. The molecule has 0 saturated heterocycles. The molecule has 3 rings (SSSR count). The normalized spacial score (nSPS) is 10.6. The molecule has 154 valence electrons. The summed E-state index contributed by atoms with van der Waals surface area (Å²) in [5.41, 5.74) is 3.43. The number of carbonyl (C=O) groups excluding carboxylic acids is 1. The number of aromatic nitrogens is 2. The van der Waals surface area contributed by atoms with Gasteiger partial charge in [0.15, 0.2) is 0 Å². The minimum Gasteiger partial charge on any atom is -0.345 e. The van der Waals surface area contributed by atoms with Crippen LogP contribution in [0, 0.1) is 12.3 Å². The molecule has 0 spiro atoms. The highest BCUT2D eigenvalue weighted by Crippen LogP contribution is 2.25. The SMILES string of the molecule is C#Cc1cccc(Nc2ncnc3ccc(CC(=O)N(C)CCCCCC)cc23)c1. The predicted molar refractivity (Wildman–Crippen MR) is 123 cm³/mol. The maximum Gasteiger partial charge on any atom is 0.226 e. The van der Waals surface area contributed by atoms with Gasteiger partial charge in [-0.05, 0) is 42.3 Å². The minimum absolute atomic E-state index is 0.124. The Hall–Kier alpha value is -3.39. The standard InChI is InChI=1S/C25H28N4O/c1-4-6-7-8-14-29(3)24(30)17-20-12-13-23-22(16-20)25(27-18-26-23)28-21-11-9-10-19(5-2)15-21/h2,9-13,15-16,18H,4,6-8,14,17H2,1,3H3,(H,26,27,28). The van der Waals surface area contributed by atoms with Gasteiger partial charge in [-0.15, -0.1) is 6.42 Å². The molecule has 30 heavy (non-hydrogen) atoms. The maximum absolute atomic E-state index is 12.6. The zero-order chi connectivity index (χ0) is 21.3. The number of carbonyl (C=O) groups is 1. The van der Waals surface area contributed by atoms with Crippen molar-refractivity contribution < 1.29 is 4.79 Å². The van der Waals surface area contributed by atoms with Crippen LogP contribution in [-0.2, 0) is 11.2 Å². The van der Waals surface area contributed by atoms with Gasteiger partial charge in [0, 0.05) is 30.2 Å². The first-order chi connectivity index (χ1) is 14.6. The fourth-order valence-corrected chi connectivity index (χ4v) is 3.35. The number of benzene rings is 2. The lowest BCUT2D eigenvalue weighted by molar-refractivity contribution is -0.129. The molecular weight excluding hydrogens is 372 g/mol. The van der Waals surface area contributed by atoms with Crippen LogP contribution in [0.25, 0.3) is 10.9 Å². The maximum atomic E-state index is 12.6. The summed E-state index contributed by atoms with van der Waals surface area (Å²) in [5, 5.41) is 4.20. The van der Waals surface area contributed by atoms with E-state index in [0.717, 1.165) is 47.1 Å². The molecule has 0 aliphatic rings. The van der Waals surface area contributed by atoms with Crippen molar-refractivity contribution in [2.24, 2.45) is 0 Å². The number of hydrogen-bond acceptors (Lipinski definition) is 4. The summed E-state index contributed by atoms with van der Waals surface area (Å²) in [4.78, 5) is 23.2. The summed E-state index contributed by atoms with van der Waals surface area (Å²) in [6.45, 7) is 2.99. The summed E-state index contributed by atoms with van der Waals surface area (Å²) in [6.07, 6.45) is 12.0. The third-order valence-electron chi connectivity index (χ3n) is 5.12. The third kappa shape index (κ3) is 5.57. The number of unbranched alkanes of at least 4 members (excludes halogenated alkanes) is 3. The quantitative estimate of drug-likeness (QED) is 0.408. The van der Waals surface area contributed by atoms with Crippen molar-refractivity contribution >= 4 is 28.3 Å². The molecule has 0 saturated carbocycles. The molecule has 1 N–H and O–H groups in total. The van der Waals surface area contributed by atoms with Crippen LogP contribution in [0.2, 0.25) is 0 Å². The molecule has 2 aromatic carbocycles. The van der Waals surface area contributed by atoms with Crippen LogP contribution in [-0.4, -0.2) is 34.4 Å². The average molecular weight is 401 g/mol. The van der Waals surface area contributed by atoms with Crippen molar-refractivity contribution in [3.63, 3.8) is 0 Å². The summed E-state index contributed by atoms with van der Waals surface area (Å²) >= 11 is 0. The number of anilines is 2. The average Bonchev–Trinajstić information content (AvgIpc) is 2.77. The Labute approximate surface area is 178 Å². The molecule has 1 amide bonds. The number of likely N-dealkylation sites (N-methyl/N-ethyl adjacent to an activating group) is 1. The lowest BCUT2D eigenvalue weighted by atomic mass is 10.1. The van der Waals surface area contributed by atoms with E-state index >= 15 is 0 Å². The Bertz CT molecular complexity index is 1050. The molecule has 0 aliphatic heterocycles. The van der Waals surface area contributed by atoms with Gasteiger partial charge in [-0.3, -0.25) is 4.79 Å². The number of hydrogen-bond donors (Lipinski definition) is 1.